The van der Waals surface area contributed by atoms with Gasteiger partial charge in [0.2, 0.25) is 0 Å². The van der Waals surface area contributed by atoms with Crippen molar-refractivity contribution in [2.45, 2.75) is 44.1 Å². The number of nitrogens with zero attached hydrogens (tertiary/aromatic N) is 1. The first-order valence-electron chi connectivity index (χ1n) is 8.41. The molecule has 1 fully saturated rings. The standard InChI is InChI=1S/C19H28N2OSi/c1-23(2,3)13-9-5-8-12-18(14-20)19(15-22-16-21-19)17-10-6-4-7-11-17/h4-7,9-11,18,21H,8,12-13,15-16H2,1-3H3/b9-5+/t18-,19-/m0/s1. The zero-order valence-corrected chi connectivity index (χ0v) is 15.5. The molecule has 1 aliphatic rings. The van der Waals surface area contributed by atoms with Gasteiger partial charge in [-0.1, -0.05) is 62.1 Å². The van der Waals surface area contributed by atoms with Crippen molar-refractivity contribution in [2.75, 3.05) is 13.3 Å². The lowest BCUT2D eigenvalue weighted by Gasteiger charge is -2.33. The molecule has 2 rings (SSSR count). The van der Waals surface area contributed by atoms with Crippen LogP contribution < -0.4 is 5.32 Å². The van der Waals surface area contributed by atoms with Crippen LogP contribution in [-0.4, -0.2) is 21.4 Å². The first kappa shape index (κ1) is 17.9. The Balaban J connectivity index is 2.04. The summed E-state index contributed by atoms with van der Waals surface area (Å²) < 4.78 is 5.60. The van der Waals surface area contributed by atoms with Crippen molar-refractivity contribution in [3.8, 4) is 6.07 Å². The Kier molecular flexibility index (Phi) is 6.17. The predicted octanol–water partition coefficient (Wildman–Crippen LogP) is 4.27. The molecule has 0 aromatic heterocycles. The maximum Gasteiger partial charge on any atom is 0.0974 e. The highest BCUT2D eigenvalue weighted by Crippen LogP contribution is 2.35. The second kappa shape index (κ2) is 7.92. The number of benzene rings is 1. The van der Waals surface area contributed by atoms with Crippen molar-refractivity contribution in [3.05, 3.63) is 48.0 Å². The number of nitrogens with one attached hydrogen (secondary N) is 1. The van der Waals surface area contributed by atoms with E-state index in [1.54, 1.807) is 0 Å². The van der Waals surface area contributed by atoms with Gasteiger partial charge >= 0.3 is 0 Å². The van der Waals surface area contributed by atoms with Crippen LogP contribution in [0.4, 0.5) is 0 Å². The molecular weight excluding hydrogens is 300 g/mol. The van der Waals surface area contributed by atoms with E-state index < -0.39 is 8.07 Å². The van der Waals surface area contributed by atoms with Gasteiger partial charge in [-0.25, -0.2) is 0 Å². The maximum atomic E-state index is 9.74. The topological polar surface area (TPSA) is 45.0 Å². The number of ether oxygens (including phenoxy) is 1. The third kappa shape index (κ3) is 4.78. The zero-order chi connectivity index (χ0) is 16.8. The molecule has 1 N–H and O–H groups in total. The third-order valence-corrected chi connectivity index (χ3v) is 5.84. The molecule has 2 atom stereocenters. The summed E-state index contributed by atoms with van der Waals surface area (Å²) in [4.78, 5) is 0. The van der Waals surface area contributed by atoms with Crippen molar-refractivity contribution >= 4 is 8.07 Å². The molecule has 0 unspecified atom stereocenters. The van der Waals surface area contributed by atoms with E-state index >= 15 is 0 Å². The second-order valence-electron chi connectivity index (χ2n) is 7.50. The molecule has 124 valence electrons. The molecule has 3 nitrogen and oxygen atoms in total. The molecule has 1 aromatic rings. The van der Waals surface area contributed by atoms with Crippen molar-refractivity contribution in [1.29, 1.82) is 5.26 Å². The molecule has 0 aliphatic carbocycles. The van der Waals surface area contributed by atoms with Gasteiger partial charge in [0.15, 0.2) is 0 Å². The predicted molar refractivity (Wildman–Crippen MR) is 97.7 cm³/mol. The molecule has 1 saturated heterocycles. The lowest BCUT2D eigenvalue weighted by molar-refractivity contribution is 0.163. The normalized spacial score (nSPS) is 23.0. The zero-order valence-electron chi connectivity index (χ0n) is 14.5. The number of nitriles is 1. The van der Waals surface area contributed by atoms with Crippen molar-refractivity contribution in [3.63, 3.8) is 0 Å². The van der Waals surface area contributed by atoms with Gasteiger partial charge in [-0.05, 0) is 24.4 Å². The lowest BCUT2D eigenvalue weighted by atomic mass is 9.77. The fourth-order valence-electron chi connectivity index (χ4n) is 3.03. The van der Waals surface area contributed by atoms with Crippen molar-refractivity contribution in [2.24, 2.45) is 5.92 Å². The van der Waals surface area contributed by atoms with Crippen molar-refractivity contribution in [1.82, 2.24) is 5.32 Å². The molecule has 1 heterocycles. The molecular formula is C19H28N2OSi. The van der Waals surface area contributed by atoms with E-state index in [1.165, 1.54) is 6.04 Å². The summed E-state index contributed by atoms with van der Waals surface area (Å²) >= 11 is 0. The van der Waals surface area contributed by atoms with Gasteiger partial charge in [0.05, 0.1) is 30.9 Å². The Hall–Kier alpha value is -1.41. The van der Waals surface area contributed by atoms with E-state index in [1.807, 2.05) is 18.2 Å². The lowest BCUT2D eigenvalue weighted by Crippen LogP contribution is -2.45. The molecule has 4 heteroatoms. The van der Waals surface area contributed by atoms with Gasteiger partial charge in [0.1, 0.15) is 0 Å². The Bertz CT molecular complexity index is 551. The SMILES string of the molecule is C[Si](C)(C)C/C=C/CC[C@@H](C#N)[C@@]1(c2ccccc2)COCN1. The minimum Gasteiger partial charge on any atom is -0.364 e. The first-order valence-corrected chi connectivity index (χ1v) is 12.1. The van der Waals surface area contributed by atoms with Gasteiger partial charge < -0.3 is 4.74 Å². The van der Waals surface area contributed by atoms with Crippen LogP contribution in [0.2, 0.25) is 25.7 Å². The summed E-state index contributed by atoms with van der Waals surface area (Å²) in [5.41, 5.74) is 0.776. The van der Waals surface area contributed by atoms with E-state index in [0.717, 1.165) is 18.4 Å². The fraction of sp³-hybridized carbons (Fsp3) is 0.526. The molecule has 1 aliphatic heterocycles. The Morgan fingerprint density at radius 3 is 2.61 bits per heavy atom. The van der Waals surface area contributed by atoms with Gasteiger partial charge in [0.25, 0.3) is 0 Å². The molecule has 0 amide bonds. The van der Waals surface area contributed by atoms with Crippen LogP contribution in [0.25, 0.3) is 0 Å². The van der Waals surface area contributed by atoms with Crippen molar-refractivity contribution < 1.29 is 4.74 Å². The quantitative estimate of drug-likeness (QED) is 0.600. The van der Waals surface area contributed by atoms with Crippen LogP contribution in [0.5, 0.6) is 0 Å². The van der Waals surface area contributed by atoms with Gasteiger partial charge in [-0.3, -0.25) is 5.32 Å². The summed E-state index contributed by atoms with van der Waals surface area (Å²) in [5.74, 6) is -0.0936. The van der Waals surface area contributed by atoms with E-state index in [-0.39, 0.29) is 11.5 Å². The van der Waals surface area contributed by atoms with Gasteiger partial charge in [-0.2, -0.15) is 5.26 Å². The van der Waals surface area contributed by atoms with E-state index in [2.05, 4.69) is 55.3 Å². The summed E-state index contributed by atoms with van der Waals surface area (Å²) in [7, 11) is -1.02. The maximum absolute atomic E-state index is 9.74. The largest absolute Gasteiger partial charge is 0.364 e. The Morgan fingerprint density at radius 1 is 1.30 bits per heavy atom. The molecule has 0 saturated carbocycles. The Labute approximate surface area is 141 Å². The van der Waals surface area contributed by atoms with Crippen LogP contribution in [0.15, 0.2) is 42.5 Å². The van der Waals surface area contributed by atoms with Crippen LogP contribution in [0.3, 0.4) is 0 Å². The monoisotopic (exact) mass is 328 g/mol. The summed E-state index contributed by atoms with van der Waals surface area (Å²) in [5, 5.41) is 13.2. The molecule has 1 aromatic carbocycles. The number of hydrogen-bond acceptors (Lipinski definition) is 3. The Morgan fingerprint density at radius 2 is 2.04 bits per heavy atom. The van der Waals surface area contributed by atoms with Crippen LogP contribution in [0, 0.1) is 17.2 Å². The van der Waals surface area contributed by atoms with E-state index in [4.69, 9.17) is 4.74 Å². The van der Waals surface area contributed by atoms with Gasteiger partial charge in [0, 0.05) is 8.07 Å². The number of allylic oxidation sites excluding steroid dienone is 2. The third-order valence-electron chi connectivity index (χ3n) is 4.38. The van der Waals surface area contributed by atoms with Crippen LogP contribution in [0.1, 0.15) is 18.4 Å². The summed E-state index contributed by atoms with van der Waals surface area (Å²) in [6.07, 6.45) is 6.34. The fourth-order valence-corrected chi connectivity index (χ4v) is 3.90. The molecule has 23 heavy (non-hydrogen) atoms. The average Bonchev–Trinajstić information content (AvgIpc) is 3.01. The second-order valence-corrected chi connectivity index (χ2v) is 13.0. The van der Waals surface area contributed by atoms with Crippen LogP contribution >= 0.6 is 0 Å². The van der Waals surface area contributed by atoms with Gasteiger partial charge in [-0.15, -0.1) is 0 Å². The molecule has 0 bridgehead atoms. The number of rotatable bonds is 7. The first-order chi connectivity index (χ1) is 11.0. The van der Waals surface area contributed by atoms with E-state index in [0.29, 0.717) is 13.3 Å². The number of hydrogen-bond donors (Lipinski definition) is 1. The minimum absolute atomic E-state index is 0.0936. The minimum atomic E-state index is -1.02. The summed E-state index contributed by atoms with van der Waals surface area (Å²) in [6.45, 7) is 8.20. The molecule has 0 spiro atoms. The highest BCUT2D eigenvalue weighted by Gasteiger charge is 2.43. The summed E-state index contributed by atoms with van der Waals surface area (Å²) in [6, 6.07) is 14.0. The molecule has 0 radical (unpaired) electrons. The van der Waals surface area contributed by atoms with E-state index in [9.17, 15) is 5.26 Å². The highest BCUT2D eigenvalue weighted by atomic mass is 28.3. The van der Waals surface area contributed by atoms with Crippen LogP contribution in [-0.2, 0) is 10.3 Å². The highest BCUT2D eigenvalue weighted by molar-refractivity contribution is 6.76. The average molecular weight is 329 g/mol. The smallest absolute Gasteiger partial charge is 0.0974 e.